The fourth-order valence-corrected chi connectivity index (χ4v) is 1.65. The van der Waals surface area contributed by atoms with Gasteiger partial charge in [-0.15, -0.1) is 0 Å². The first-order chi connectivity index (χ1) is 7.16. The summed E-state index contributed by atoms with van der Waals surface area (Å²) >= 11 is 0. The summed E-state index contributed by atoms with van der Waals surface area (Å²) in [6, 6.07) is 6.88. The van der Waals surface area contributed by atoms with E-state index in [1.807, 2.05) is 0 Å². The second-order valence-corrected chi connectivity index (χ2v) is 3.16. The fourth-order valence-electron chi connectivity index (χ4n) is 1.65. The minimum Gasteiger partial charge on any atom is -0.496 e. The SMILES string of the molecule is C=COC1CC(C#N)(C#N)C1(C#N)C#N. The third-order valence-corrected chi connectivity index (χ3v) is 2.64. The topological polar surface area (TPSA) is 104 Å². The smallest absolute Gasteiger partial charge is 0.211 e. The Morgan fingerprint density at radius 3 is 2.00 bits per heavy atom. The molecule has 5 nitrogen and oxygen atoms in total. The molecule has 1 saturated carbocycles. The van der Waals surface area contributed by atoms with Crippen molar-refractivity contribution in [3.63, 3.8) is 0 Å². The predicted octanol–water partition coefficient (Wildman–Crippen LogP) is 0.986. The number of rotatable bonds is 2. The largest absolute Gasteiger partial charge is 0.496 e. The first-order valence-electron chi connectivity index (χ1n) is 4.07. The van der Waals surface area contributed by atoms with Crippen LogP contribution >= 0.6 is 0 Å². The summed E-state index contributed by atoms with van der Waals surface area (Å²) in [4.78, 5) is 0. The van der Waals surface area contributed by atoms with E-state index in [2.05, 4.69) is 6.58 Å². The van der Waals surface area contributed by atoms with Gasteiger partial charge in [-0.25, -0.2) is 0 Å². The van der Waals surface area contributed by atoms with Gasteiger partial charge in [-0.2, -0.15) is 21.0 Å². The molecule has 1 unspecified atom stereocenters. The van der Waals surface area contributed by atoms with Gasteiger partial charge in [0.2, 0.25) is 5.41 Å². The van der Waals surface area contributed by atoms with E-state index in [1.54, 1.807) is 24.3 Å². The zero-order chi connectivity index (χ0) is 11.5. The van der Waals surface area contributed by atoms with Gasteiger partial charge in [-0.3, -0.25) is 0 Å². The van der Waals surface area contributed by atoms with Crippen molar-refractivity contribution in [2.45, 2.75) is 12.5 Å². The summed E-state index contributed by atoms with van der Waals surface area (Å²) in [5.74, 6) is 0. The first kappa shape index (κ1) is 10.6. The minimum absolute atomic E-state index is 0.0488. The lowest BCUT2D eigenvalue weighted by Crippen LogP contribution is -2.59. The van der Waals surface area contributed by atoms with E-state index < -0.39 is 16.9 Å². The molecular weight excluding hydrogens is 192 g/mol. The Bertz CT molecular complexity index is 426. The Labute approximate surface area is 87.0 Å². The molecule has 0 aromatic heterocycles. The zero-order valence-electron chi connectivity index (χ0n) is 7.77. The number of hydrogen-bond acceptors (Lipinski definition) is 5. The van der Waals surface area contributed by atoms with E-state index in [9.17, 15) is 0 Å². The molecule has 1 aliphatic carbocycles. The van der Waals surface area contributed by atoms with Crippen molar-refractivity contribution >= 4 is 0 Å². The maximum Gasteiger partial charge on any atom is 0.211 e. The lowest BCUT2D eigenvalue weighted by atomic mass is 9.50. The molecule has 0 bridgehead atoms. The third-order valence-electron chi connectivity index (χ3n) is 2.64. The van der Waals surface area contributed by atoms with Crippen LogP contribution in [0, 0.1) is 56.2 Å². The van der Waals surface area contributed by atoms with Crippen LogP contribution in [0.25, 0.3) is 0 Å². The summed E-state index contributed by atoms with van der Waals surface area (Å²) in [7, 11) is 0. The minimum atomic E-state index is -1.72. The lowest BCUT2D eigenvalue weighted by Gasteiger charge is -2.47. The monoisotopic (exact) mass is 198 g/mol. The quantitative estimate of drug-likeness (QED) is 0.615. The second-order valence-electron chi connectivity index (χ2n) is 3.16. The Kier molecular flexibility index (Phi) is 2.35. The normalized spacial score (nSPS) is 24.1. The summed E-state index contributed by atoms with van der Waals surface area (Å²) in [6.45, 7) is 3.31. The molecule has 0 aromatic rings. The second kappa shape index (κ2) is 3.33. The number of hydrogen-bond donors (Lipinski definition) is 0. The van der Waals surface area contributed by atoms with Crippen molar-refractivity contribution in [1.29, 1.82) is 21.0 Å². The van der Waals surface area contributed by atoms with Crippen LogP contribution < -0.4 is 0 Å². The van der Waals surface area contributed by atoms with E-state index in [0.29, 0.717) is 0 Å². The molecule has 0 spiro atoms. The molecule has 1 aliphatic rings. The Morgan fingerprint density at radius 1 is 1.13 bits per heavy atom. The molecule has 0 amide bonds. The Hall–Kier alpha value is -2.50. The average Bonchev–Trinajstić information content (AvgIpc) is 2.26. The molecule has 0 saturated heterocycles. The maximum absolute atomic E-state index is 8.94. The summed E-state index contributed by atoms with van der Waals surface area (Å²) in [5, 5.41) is 35.6. The van der Waals surface area contributed by atoms with Gasteiger partial charge in [0.05, 0.1) is 30.5 Å². The molecule has 0 N–H and O–H groups in total. The predicted molar refractivity (Wildman–Crippen MR) is 47.0 cm³/mol. The number of nitriles is 4. The van der Waals surface area contributed by atoms with Crippen LogP contribution in [0.2, 0.25) is 0 Å². The highest BCUT2D eigenvalue weighted by Gasteiger charge is 2.71. The molecule has 0 aliphatic heterocycles. The molecule has 0 aromatic carbocycles. The van der Waals surface area contributed by atoms with Gasteiger partial charge in [0, 0.05) is 6.42 Å². The summed E-state index contributed by atoms with van der Waals surface area (Å²) in [6.07, 6.45) is 0.393. The van der Waals surface area contributed by atoms with Crippen molar-refractivity contribution in [1.82, 2.24) is 0 Å². The highest BCUT2D eigenvalue weighted by atomic mass is 16.5. The van der Waals surface area contributed by atoms with Gasteiger partial charge in [-0.1, -0.05) is 6.58 Å². The van der Waals surface area contributed by atoms with Crippen LogP contribution in [-0.2, 0) is 4.74 Å². The maximum atomic E-state index is 8.94. The van der Waals surface area contributed by atoms with Gasteiger partial charge in [-0.05, 0) is 0 Å². The van der Waals surface area contributed by atoms with Crippen molar-refractivity contribution in [3.05, 3.63) is 12.8 Å². The van der Waals surface area contributed by atoms with Crippen molar-refractivity contribution in [2.75, 3.05) is 0 Å². The molecule has 1 atom stereocenters. The van der Waals surface area contributed by atoms with Gasteiger partial charge in [0.15, 0.2) is 5.41 Å². The van der Waals surface area contributed by atoms with E-state index in [4.69, 9.17) is 25.8 Å². The van der Waals surface area contributed by atoms with Gasteiger partial charge in [0.1, 0.15) is 6.10 Å². The van der Waals surface area contributed by atoms with Crippen LogP contribution in [0.15, 0.2) is 12.8 Å². The Morgan fingerprint density at radius 2 is 1.67 bits per heavy atom. The number of nitrogens with zero attached hydrogens (tertiary/aromatic N) is 4. The van der Waals surface area contributed by atoms with Crippen molar-refractivity contribution in [2.24, 2.45) is 10.8 Å². The highest BCUT2D eigenvalue weighted by Crippen LogP contribution is 2.57. The fraction of sp³-hybridized carbons (Fsp3) is 0.400. The van der Waals surface area contributed by atoms with E-state index >= 15 is 0 Å². The van der Waals surface area contributed by atoms with Crippen LogP contribution in [0.5, 0.6) is 0 Å². The molecule has 1 rings (SSSR count). The van der Waals surface area contributed by atoms with Crippen LogP contribution in [-0.4, -0.2) is 6.10 Å². The van der Waals surface area contributed by atoms with Crippen LogP contribution in [0.1, 0.15) is 6.42 Å². The molecule has 15 heavy (non-hydrogen) atoms. The van der Waals surface area contributed by atoms with Gasteiger partial charge >= 0.3 is 0 Å². The molecular formula is C10H6N4O. The van der Waals surface area contributed by atoms with Gasteiger partial charge < -0.3 is 4.74 Å². The molecule has 0 heterocycles. The van der Waals surface area contributed by atoms with Crippen LogP contribution in [0.3, 0.4) is 0 Å². The summed E-state index contributed by atoms with van der Waals surface area (Å²) < 4.78 is 4.95. The highest BCUT2D eigenvalue weighted by molar-refractivity contribution is 5.43. The van der Waals surface area contributed by atoms with E-state index in [-0.39, 0.29) is 6.42 Å². The molecule has 72 valence electrons. The molecule has 5 heteroatoms. The lowest BCUT2D eigenvalue weighted by molar-refractivity contribution is -0.0677. The molecule has 1 fully saturated rings. The van der Waals surface area contributed by atoms with Crippen LogP contribution in [0.4, 0.5) is 0 Å². The number of ether oxygens (including phenoxy) is 1. The van der Waals surface area contributed by atoms with E-state index in [0.717, 1.165) is 6.26 Å². The van der Waals surface area contributed by atoms with Crippen molar-refractivity contribution < 1.29 is 4.74 Å². The van der Waals surface area contributed by atoms with Gasteiger partial charge in [0.25, 0.3) is 0 Å². The first-order valence-corrected chi connectivity index (χ1v) is 4.07. The zero-order valence-corrected chi connectivity index (χ0v) is 7.77. The average molecular weight is 198 g/mol. The Balaban J connectivity index is 3.20. The summed E-state index contributed by atoms with van der Waals surface area (Å²) in [5.41, 5.74) is -3.31. The third kappa shape index (κ3) is 0.983. The molecule has 0 radical (unpaired) electrons. The van der Waals surface area contributed by atoms with Crippen molar-refractivity contribution in [3.8, 4) is 24.3 Å². The standard InChI is InChI=1S/C10H6N4O/c1-2-15-8-3-9(4-11,5-12)10(8,6-13)7-14/h2,8H,1,3H2. The van der Waals surface area contributed by atoms with E-state index in [1.165, 1.54) is 0 Å².